The number of nitrogens with zero attached hydrogens (tertiary/aromatic N) is 1. The van der Waals surface area contributed by atoms with E-state index in [0.717, 1.165) is 24.5 Å². The van der Waals surface area contributed by atoms with Gasteiger partial charge in [0.2, 0.25) is 0 Å². The molecule has 0 atom stereocenters. The van der Waals surface area contributed by atoms with E-state index in [9.17, 15) is 4.79 Å². The molecule has 0 saturated carbocycles. The fourth-order valence-corrected chi connectivity index (χ4v) is 3.64. The van der Waals surface area contributed by atoms with Gasteiger partial charge in [0.1, 0.15) is 6.61 Å². The lowest BCUT2D eigenvalue weighted by Gasteiger charge is -2.25. The molecule has 1 aliphatic heterocycles. The van der Waals surface area contributed by atoms with Gasteiger partial charge < -0.3 is 10.4 Å². The molecule has 2 rings (SSSR count). The summed E-state index contributed by atoms with van der Waals surface area (Å²) in [4.78, 5) is 15.1. The van der Waals surface area contributed by atoms with Gasteiger partial charge in [-0.15, -0.1) is 11.3 Å². The molecule has 0 bridgehead atoms. The molecule has 108 valence electrons. The normalized spacial score (nSPS) is 15.4. The fourth-order valence-electron chi connectivity index (χ4n) is 1.90. The van der Waals surface area contributed by atoms with Gasteiger partial charge in [-0.25, -0.2) is 0 Å². The average molecular weight is 310 g/mol. The molecular weight excluding hydrogens is 292 g/mol. The number of aliphatic hydroxyl groups is 1. The first-order valence-electron chi connectivity index (χ1n) is 6.56. The molecule has 1 aromatic heterocycles. The predicted molar refractivity (Wildman–Crippen MR) is 84.4 cm³/mol. The Bertz CT molecular complexity index is 499. The van der Waals surface area contributed by atoms with Crippen LogP contribution in [-0.2, 0) is 0 Å². The highest BCUT2D eigenvalue weighted by Gasteiger charge is 2.11. The zero-order chi connectivity index (χ0) is 14.2. The summed E-state index contributed by atoms with van der Waals surface area (Å²) in [6, 6.07) is 1.76. The molecule has 6 heteroatoms. The molecule has 2 N–H and O–H groups in total. The Balaban J connectivity index is 1.75. The maximum atomic E-state index is 11.9. The van der Waals surface area contributed by atoms with Crippen LogP contribution in [0.3, 0.4) is 0 Å². The summed E-state index contributed by atoms with van der Waals surface area (Å²) in [5.41, 5.74) is 0.645. The van der Waals surface area contributed by atoms with Crippen LogP contribution in [0.15, 0.2) is 11.4 Å². The van der Waals surface area contributed by atoms with Crippen LogP contribution in [0.1, 0.15) is 15.2 Å². The van der Waals surface area contributed by atoms with Gasteiger partial charge in [-0.2, -0.15) is 11.8 Å². The van der Waals surface area contributed by atoms with Crippen LogP contribution in [0.5, 0.6) is 0 Å². The second-order valence-electron chi connectivity index (χ2n) is 4.37. The van der Waals surface area contributed by atoms with E-state index >= 15 is 0 Å². The Morgan fingerprint density at radius 1 is 1.45 bits per heavy atom. The number of hydrogen-bond donors (Lipinski definition) is 2. The van der Waals surface area contributed by atoms with Crippen LogP contribution in [0.4, 0.5) is 0 Å². The summed E-state index contributed by atoms with van der Waals surface area (Å²) < 4.78 is 0. The van der Waals surface area contributed by atoms with Crippen molar-refractivity contribution in [2.75, 3.05) is 44.3 Å². The van der Waals surface area contributed by atoms with Crippen molar-refractivity contribution >= 4 is 29.0 Å². The van der Waals surface area contributed by atoms with Crippen LogP contribution in [-0.4, -0.2) is 60.2 Å². The van der Waals surface area contributed by atoms with Crippen molar-refractivity contribution in [2.45, 2.75) is 0 Å². The maximum absolute atomic E-state index is 11.9. The molecule has 1 saturated heterocycles. The Hall–Kier alpha value is -1.00. The molecule has 0 aliphatic carbocycles. The van der Waals surface area contributed by atoms with Gasteiger partial charge in [-0.05, 0) is 6.07 Å². The van der Waals surface area contributed by atoms with E-state index in [2.05, 4.69) is 22.1 Å². The lowest BCUT2D eigenvalue weighted by Crippen LogP contribution is -2.39. The second-order valence-corrected chi connectivity index (χ2v) is 6.51. The third kappa shape index (κ3) is 4.84. The van der Waals surface area contributed by atoms with Gasteiger partial charge in [0, 0.05) is 43.1 Å². The fraction of sp³-hybridized carbons (Fsp3) is 0.500. The molecule has 0 spiro atoms. The van der Waals surface area contributed by atoms with Gasteiger partial charge >= 0.3 is 0 Å². The summed E-state index contributed by atoms with van der Waals surface area (Å²) in [7, 11) is 0. The first-order valence-corrected chi connectivity index (χ1v) is 8.59. The van der Waals surface area contributed by atoms with Crippen molar-refractivity contribution in [3.8, 4) is 11.8 Å². The first-order chi connectivity index (χ1) is 9.79. The maximum Gasteiger partial charge on any atom is 0.252 e. The van der Waals surface area contributed by atoms with E-state index in [4.69, 9.17) is 5.11 Å². The first kappa shape index (κ1) is 15.4. The average Bonchev–Trinajstić information content (AvgIpc) is 2.95. The van der Waals surface area contributed by atoms with Gasteiger partial charge in [-0.3, -0.25) is 9.69 Å². The zero-order valence-electron chi connectivity index (χ0n) is 11.2. The summed E-state index contributed by atoms with van der Waals surface area (Å²) in [5.74, 6) is 7.70. The largest absolute Gasteiger partial charge is 0.384 e. The zero-order valence-corrected chi connectivity index (χ0v) is 12.9. The molecule has 1 aromatic rings. The van der Waals surface area contributed by atoms with Crippen LogP contribution in [0.25, 0.3) is 0 Å². The number of carbonyl (C=O) groups is 1. The van der Waals surface area contributed by atoms with Crippen molar-refractivity contribution in [2.24, 2.45) is 0 Å². The summed E-state index contributed by atoms with van der Waals surface area (Å²) in [6.07, 6.45) is 0. The molecule has 0 aromatic carbocycles. The molecule has 1 amide bonds. The van der Waals surface area contributed by atoms with E-state index in [-0.39, 0.29) is 12.5 Å². The molecule has 2 heterocycles. The molecule has 0 radical (unpaired) electrons. The lowest BCUT2D eigenvalue weighted by atomic mass is 10.3. The molecule has 1 fully saturated rings. The number of hydrogen-bond acceptors (Lipinski definition) is 5. The molecule has 0 unspecified atom stereocenters. The molecule has 20 heavy (non-hydrogen) atoms. The standard InChI is InChI=1S/C14H18N2O2S2/c17-7-1-2-13-10-12(11-20-13)14(18)15-3-4-16-5-8-19-9-6-16/h10-11,17H,3-9H2,(H,15,18). The summed E-state index contributed by atoms with van der Waals surface area (Å²) >= 11 is 3.41. The number of rotatable bonds is 4. The van der Waals surface area contributed by atoms with Crippen molar-refractivity contribution < 1.29 is 9.90 Å². The van der Waals surface area contributed by atoms with Gasteiger partial charge in [0.15, 0.2) is 0 Å². The number of thioether (sulfide) groups is 1. The van der Waals surface area contributed by atoms with E-state index < -0.39 is 0 Å². The third-order valence-corrected chi connectivity index (χ3v) is 4.76. The van der Waals surface area contributed by atoms with Crippen LogP contribution >= 0.6 is 23.1 Å². The van der Waals surface area contributed by atoms with Crippen LogP contribution in [0.2, 0.25) is 0 Å². The van der Waals surface area contributed by atoms with Crippen molar-refractivity contribution in [1.82, 2.24) is 10.2 Å². The molecule has 4 nitrogen and oxygen atoms in total. The molecular formula is C14H18N2O2S2. The lowest BCUT2D eigenvalue weighted by molar-refractivity contribution is 0.0949. The summed E-state index contributed by atoms with van der Waals surface area (Å²) in [6.45, 7) is 3.65. The Kier molecular flexibility index (Phi) is 6.40. The number of thiophene rings is 1. The van der Waals surface area contributed by atoms with Crippen molar-refractivity contribution in [3.63, 3.8) is 0 Å². The third-order valence-electron chi connectivity index (χ3n) is 2.97. The van der Waals surface area contributed by atoms with Crippen molar-refractivity contribution in [1.29, 1.82) is 0 Å². The highest BCUT2D eigenvalue weighted by molar-refractivity contribution is 7.99. The van der Waals surface area contributed by atoms with Crippen LogP contribution in [0, 0.1) is 11.8 Å². The predicted octanol–water partition coefficient (Wildman–Crippen LogP) is 0.871. The Morgan fingerprint density at radius 3 is 3.00 bits per heavy atom. The minimum Gasteiger partial charge on any atom is -0.384 e. The van der Waals surface area contributed by atoms with Crippen LogP contribution < -0.4 is 5.32 Å². The topological polar surface area (TPSA) is 52.6 Å². The van der Waals surface area contributed by atoms with Gasteiger partial charge in [-0.1, -0.05) is 11.8 Å². The minimum atomic E-state index is -0.159. The Morgan fingerprint density at radius 2 is 2.25 bits per heavy atom. The smallest absolute Gasteiger partial charge is 0.252 e. The second kappa shape index (κ2) is 8.32. The number of nitrogens with one attached hydrogen (secondary N) is 1. The van der Waals surface area contributed by atoms with E-state index in [1.165, 1.54) is 22.8 Å². The number of aliphatic hydroxyl groups excluding tert-OH is 1. The van der Waals surface area contributed by atoms with E-state index in [1.807, 2.05) is 11.8 Å². The SMILES string of the molecule is O=C(NCCN1CCSCC1)c1csc(C#CCO)c1. The van der Waals surface area contributed by atoms with Crippen molar-refractivity contribution in [3.05, 3.63) is 21.9 Å². The number of amides is 1. The number of carbonyl (C=O) groups excluding carboxylic acids is 1. The minimum absolute atomic E-state index is 0.0512. The van der Waals surface area contributed by atoms with E-state index in [0.29, 0.717) is 12.1 Å². The summed E-state index contributed by atoms with van der Waals surface area (Å²) in [5, 5.41) is 13.4. The quantitative estimate of drug-likeness (QED) is 0.811. The Labute approximate surface area is 127 Å². The monoisotopic (exact) mass is 310 g/mol. The van der Waals surface area contributed by atoms with Gasteiger partial charge in [0.05, 0.1) is 10.4 Å². The highest BCUT2D eigenvalue weighted by Crippen LogP contribution is 2.13. The van der Waals surface area contributed by atoms with E-state index in [1.54, 1.807) is 11.4 Å². The van der Waals surface area contributed by atoms with Gasteiger partial charge in [0.25, 0.3) is 5.91 Å². The highest BCUT2D eigenvalue weighted by atomic mass is 32.2. The molecule has 1 aliphatic rings.